The second-order valence-corrected chi connectivity index (χ2v) is 7.26. The molecule has 0 fully saturated rings. The van der Waals surface area contributed by atoms with Gasteiger partial charge in [0.05, 0.1) is 27.3 Å². The van der Waals surface area contributed by atoms with E-state index in [1.165, 1.54) is 11.3 Å². The van der Waals surface area contributed by atoms with E-state index in [-0.39, 0.29) is 18.3 Å². The number of fused-ring (bicyclic) bond motifs is 1. The number of carbonyl (C=O) groups excluding carboxylic acids is 2. The van der Waals surface area contributed by atoms with Crippen molar-refractivity contribution in [1.29, 1.82) is 0 Å². The van der Waals surface area contributed by atoms with Crippen LogP contribution >= 0.6 is 22.9 Å². The fraction of sp³-hybridized carbons (Fsp3) is 0.111. The average Bonchev–Trinajstić information content (AvgIpc) is 3.05. The van der Waals surface area contributed by atoms with Crippen molar-refractivity contribution in [3.63, 3.8) is 0 Å². The first-order chi connectivity index (χ1) is 13.1. The van der Waals surface area contributed by atoms with Gasteiger partial charge in [-0.15, -0.1) is 0 Å². The number of hydrogen-bond donors (Lipinski definition) is 3. The lowest BCUT2D eigenvalue weighted by molar-refractivity contribution is -0.124. The molecule has 0 bridgehead atoms. The van der Waals surface area contributed by atoms with Crippen molar-refractivity contribution < 1.29 is 9.59 Å². The van der Waals surface area contributed by atoms with E-state index in [0.29, 0.717) is 15.8 Å². The standard InChI is InChI=1S/C18H14ClN5O2S/c19-10-5-1-2-6-11(10)20-16(26)13-9-15(25)23-17(21-13)24-18-22-12-7-3-4-8-14(12)27-18/h1-8,13H,9H2,(H,20,26)(H2,21,22,23,24,25)/t13-/m0/s1. The number of nitrogens with one attached hydrogen (secondary N) is 3. The van der Waals surface area contributed by atoms with Gasteiger partial charge in [0.2, 0.25) is 17.8 Å². The topological polar surface area (TPSA) is 95.5 Å². The molecule has 0 aliphatic carbocycles. The maximum Gasteiger partial charge on any atom is 0.249 e. The molecule has 1 aromatic heterocycles. The number of carbonyl (C=O) groups is 2. The second-order valence-electron chi connectivity index (χ2n) is 5.83. The summed E-state index contributed by atoms with van der Waals surface area (Å²) in [6, 6.07) is 13.7. The highest BCUT2D eigenvalue weighted by atomic mass is 35.5. The van der Waals surface area contributed by atoms with Crippen molar-refractivity contribution in [1.82, 2.24) is 10.3 Å². The molecule has 2 aromatic carbocycles. The van der Waals surface area contributed by atoms with E-state index in [1.54, 1.807) is 24.3 Å². The monoisotopic (exact) mass is 399 g/mol. The maximum absolute atomic E-state index is 12.5. The zero-order valence-corrected chi connectivity index (χ0v) is 15.5. The summed E-state index contributed by atoms with van der Waals surface area (Å²) < 4.78 is 1.01. The van der Waals surface area contributed by atoms with Gasteiger partial charge in [-0.3, -0.25) is 14.9 Å². The lowest BCUT2D eigenvalue weighted by atomic mass is 10.1. The van der Waals surface area contributed by atoms with E-state index in [0.717, 1.165) is 10.2 Å². The first-order valence-electron chi connectivity index (χ1n) is 8.14. The van der Waals surface area contributed by atoms with Crippen LogP contribution in [0, 0.1) is 0 Å². The number of aromatic nitrogens is 1. The molecule has 136 valence electrons. The Labute approximate surface area is 163 Å². The van der Waals surface area contributed by atoms with Gasteiger partial charge in [0.15, 0.2) is 5.13 Å². The lowest BCUT2D eigenvalue weighted by Crippen LogP contribution is -2.45. The molecule has 9 heteroatoms. The van der Waals surface area contributed by atoms with Crippen LogP contribution in [0.15, 0.2) is 53.5 Å². The Morgan fingerprint density at radius 3 is 2.78 bits per heavy atom. The molecule has 2 amide bonds. The number of thiazole rings is 1. The number of benzene rings is 2. The minimum absolute atomic E-state index is 0.0404. The van der Waals surface area contributed by atoms with Crippen LogP contribution in [0.2, 0.25) is 5.02 Å². The summed E-state index contributed by atoms with van der Waals surface area (Å²) >= 11 is 7.50. The zero-order valence-electron chi connectivity index (χ0n) is 13.9. The molecule has 4 rings (SSSR count). The molecule has 0 unspecified atom stereocenters. The fourth-order valence-corrected chi connectivity index (χ4v) is 3.66. The van der Waals surface area contributed by atoms with Gasteiger partial charge in [-0.25, -0.2) is 9.98 Å². The summed E-state index contributed by atoms with van der Waals surface area (Å²) in [6.07, 6.45) is -0.0404. The number of hydrogen-bond acceptors (Lipinski definition) is 6. The minimum Gasteiger partial charge on any atom is -0.323 e. The van der Waals surface area contributed by atoms with E-state index in [1.807, 2.05) is 24.3 Å². The smallest absolute Gasteiger partial charge is 0.249 e. The predicted octanol–water partition coefficient (Wildman–Crippen LogP) is 3.24. The number of para-hydroxylation sites is 2. The van der Waals surface area contributed by atoms with Gasteiger partial charge in [0.1, 0.15) is 6.04 Å². The van der Waals surface area contributed by atoms with Gasteiger partial charge < -0.3 is 10.6 Å². The van der Waals surface area contributed by atoms with Gasteiger partial charge in [-0.05, 0) is 24.3 Å². The molecule has 7 nitrogen and oxygen atoms in total. The van der Waals surface area contributed by atoms with Crippen LogP contribution in [0.1, 0.15) is 6.42 Å². The molecule has 3 aromatic rings. The van der Waals surface area contributed by atoms with Gasteiger partial charge in [0, 0.05) is 0 Å². The molecule has 27 heavy (non-hydrogen) atoms. The zero-order chi connectivity index (χ0) is 18.8. The van der Waals surface area contributed by atoms with E-state index < -0.39 is 11.9 Å². The van der Waals surface area contributed by atoms with Crippen molar-refractivity contribution in [3.8, 4) is 0 Å². The van der Waals surface area contributed by atoms with Crippen LogP contribution in [0.3, 0.4) is 0 Å². The Morgan fingerprint density at radius 2 is 1.96 bits per heavy atom. The lowest BCUT2D eigenvalue weighted by Gasteiger charge is -2.20. The van der Waals surface area contributed by atoms with Crippen LogP contribution in [0.25, 0.3) is 10.2 Å². The molecule has 1 aliphatic heterocycles. The van der Waals surface area contributed by atoms with Crippen LogP contribution in [0.4, 0.5) is 10.8 Å². The molecular formula is C18H14ClN5O2S. The van der Waals surface area contributed by atoms with E-state index in [9.17, 15) is 9.59 Å². The molecule has 0 saturated heterocycles. The van der Waals surface area contributed by atoms with E-state index in [2.05, 4.69) is 25.9 Å². The Morgan fingerprint density at radius 1 is 1.19 bits per heavy atom. The number of halogens is 1. The summed E-state index contributed by atoms with van der Waals surface area (Å²) in [6.45, 7) is 0. The number of aliphatic imine (C=N–C) groups is 1. The third kappa shape index (κ3) is 3.91. The number of anilines is 2. The van der Waals surface area contributed by atoms with Crippen molar-refractivity contribution in [2.75, 3.05) is 10.6 Å². The highest BCUT2D eigenvalue weighted by Crippen LogP contribution is 2.26. The van der Waals surface area contributed by atoms with Gasteiger partial charge >= 0.3 is 0 Å². The number of nitrogens with zero attached hydrogens (tertiary/aromatic N) is 2. The van der Waals surface area contributed by atoms with Gasteiger partial charge in [-0.2, -0.15) is 0 Å². The molecule has 0 saturated carbocycles. The van der Waals surface area contributed by atoms with Crippen molar-refractivity contribution in [3.05, 3.63) is 53.6 Å². The van der Waals surface area contributed by atoms with Crippen molar-refractivity contribution >= 4 is 61.7 Å². The Balaban J connectivity index is 1.52. The molecule has 1 aliphatic rings. The SMILES string of the molecule is O=C1C[C@@H](C(=O)Nc2ccccc2Cl)N=C(Nc2nc3ccccc3s2)N1. The molecule has 0 radical (unpaired) electrons. The van der Waals surface area contributed by atoms with E-state index >= 15 is 0 Å². The molecule has 2 heterocycles. The third-order valence-electron chi connectivity index (χ3n) is 3.88. The van der Waals surface area contributed by atoms with E-state index in [4.69, 9.17) is 11.6 Å². The first-order valence-corrected chi connectivity index (χ1v) is 9.33. The Kier molecular flexibility index (Phi) is 4.74. The van der Waals surface area contributed by atoms with Crippen molar-refractivity contribution in [2.45, 2.75) is 12.5 Å². The number of rotatable bonds is 3. The number of guanidine groups is 1. The second kappa shape index (κ2) is 7.34. The summed E-state index contributed by atoms with van der Waals surface area (Å²) in [5.74, 6) is -0.501. The normalized spacial score (nSPS) is 16.6. The summed E-state index contributed by atoms with van der Waals surface area (Å²) in [4.78, 5) is 33.3. The molecule has 1 atom stereocenters. The molecule has 0 spiro atoms. The number of amides is 2. The summed E-state index contributed by atoms with van der Waals surface area (Å²) in [7, 11) is 0. The van der Waals surface area contributed by atoms with Gasteiger partial charge in [-0.1, -0.05) is 47.2 Å². The molecular weight excluding hydrogens is 386 g/mol. The van der Waals surface area contributed by atoms with Gasteiger partial charge in [0.25, 0.3) is 0 Å². The summed E-state index contributed by atoms with van der Waals surface area (Å²) in [5, 5.41) is 9.32. The largest absolute Gasteiger partial charge is 0.323 e. The first kappa shape index (κ1) is 17.4. The van der Waals surface area contributed by atoms with Crippen LogP contribution in [-0.2, 0) is 9.59 Å². The average molecular weight is 400 g/mol. The van der Waals surface area contributed by atoms with Crippen LogP contribution in [-0.4, -0.2) is 28.8 Å². The summed E-state index contributed by atoms with van der Waals surface area (Å²) in [5.41, 5.74) is 1.33. The van der Waals surface area contributed by atoms with Crippen LogP contribution in [0.5, 0.6) is 0 Å². The Bertz CT molecular complexity index is 1030. The third-order valence-corrected chi connectivity index (χ3v) is 5.16. The highest BCUT2D eigenvalue weighted by Gasteiger charge is 2.27. The fourth-order valence-electron chi connectivity index (χ4n) is 2.61. The van der Waals surface area contributed by atoms with Crippen LogP contribution < -0.4 is 16.0 Å². The Hall–Kier alpha value is -2.97. The van der Waals surface area contributed by atoms with Crippen molar-refractivity contribution in [2.24, 2.45) is 4.99 Å². The quantitative estimate of drug-likeness (QED) is 0.630. The highest BCUT2D eigenvalue weighted by molar-refractivity contribution is 7.22. The minimum atomic E-state index is -0.855. The molecule has 3 N–H and O–H groups in total. The predicted molar refractivity (Wildman–Crippen MR) is 107 cm³/mol. The maximum atomic E-state index is 12.5.